The lowest BCUT2D eigenvalue weighted by molar-refractivity contribution is 0.548. The Morgan fingerprint density at radius 3 is 2.65 bits per heavy atom. The second-order valence-corrected chi connectivity index (χ2v) is 5.85. The van der Waals surface area contributed by atoms with Gasteiger partial charge in [0, 0.05) is 24.0 Å². The van der Waals surface area contributed by atoms with E-state index in [1.54, 1.807) is 11.3 Å². The maximum Gasteiger partial charge on any atom is 0.0453 e. The molecule has 1 unspecified atom stereocenters. The van der Waals surface area contributed by atoms with Crippen molar-refractivity contribution in [1.82, 2.24) is 5.32 Å². The van der Waals surface area contributed by atoms with Crippen LogP contribution in [0, 0.1) is 0 Å². The van der Waals surface area contributed by atoms with Crippen molar-refractivity contribution in [1.29, 1.82) is 0 Å². The summed E-state index contributed by atoms with van der Waals surface area (Å²) >= 11 is 1.77. The zero-order valence-corrected chi connectivity index (χ0v) is 12.1. The van der Waals surface area contributed by atoms with Gasteiger partial charge in [0.1, 0.15) is 0 Å². The average Bonchev–Trinajstić information content (AvgIpc) is 3.01. The highest BCUT2D eigenvalue weighted by molar-refractivity contribution is 7.09. The molecule has 0 aliphatic heterocycles. The maximum atomic E-state index is 5.98. The molecule has 0 saturated heterocycles. The summed E-state index contributed by atoms with van der Waals surface area (Å²) in [6.07, 6.45) is 0. The second kappa shape index (κ2) is 6.18. The van der Waals surface area contributed by atoms with E-state index in [1.807, 2.05) is 0 Å². The van der Waals surface area contributed by atoms with Gasteiger partial charge in [-0.2, -0.15) is 0 Å². The lowest BCUT2D eigenvalue weighted by atomic mass is 9.98. The predicted molar refractivity (Wildman–Crippen MR) is 86.9 cm³/mol. The number of rotatable bonds is 5. The molecule has 2 nitrogen and oxygen atoms in total. The van der Waals surface area contributed by atoms with Crippen LogP contribution < -0.4 is 11.1 Å². The van der Waals surface area contributed by atoms with Gasteiger partial charge in [-0.05, 0) is 27.8 Å². The van der Waals surface area contributed by atoms with Gasteiger partial charge in [0.05, 0.1) is 0 Å². The third-order valence-electron chi connectivity index (χ3n) is 3.54. The van der Waals surface area contributed by atoms with Crippen molar-refractivity contribution in [3.8, 4) is 0 Å². The molecule has 1 atom stereocenters. The van der Waals surface area contributed by atoms with Gasteiger partial charge in [-0.25, -0.2) is 0 Å². The van der Waals surface area contributed by atoms with Gasteiger partial charge in [0.15, 0.2) is 0 Å². The highest BCUT2D eigenvalue weighted by atomic mass is 32.1. The first-order valence-corrected chi connectivity index (χ1v) is 7.70. The van der Waals surface area contributed by atoms with Crippen molar-refractivity contribution < 1.29 is 0 Å². The summed E-state index contributed by atoms with van der Waals surface area (Å²) in [6.45, 7) is 1.46. The lowest BCUT2D eigenvalue weighted by Crippen LogP contribution is -2.27. The van der Waals surface area contributed by atoms with E-state index in [0.29, 0.717) is 6.54 Å². The molecule has 102 valence electrons. The van der Waals surface area contributed by atoms with Gasteiger partial charge in [0.2, 0.25) is 0 Å². The van der Waals surface area contributed by atoms with E-state index < -0.39 is 0 Å². The molecule has 0 aliphatic rings. The Bertz CT molecular complexity index is 671. The number of hydrogen-bond acceptors (Lipinski definition) is 3. The molecular weight excluding hydrogens is 264 g/mol. The molecule has 0 radical (unpaired) electrons. The molecule has 0 spiro atoms. The molecule has 2 aromatic carbocycles. The van der Waals surface area contributed by atoms with Gasteiger partial charge >= 0.3 is 0 Å². The smallest absolute Gasteiger partial charge is 0.0453 e. The van der Waals surface area contributed by atoms with Crippen LogP contribution in [0.4, 0.5) is 0 Å². The fourth-order valence-electron chi connectivity index (χ4n) is 2.51. The highest BCUT2D eigenvalue weighted by Gasteiger charge is 2.12. The van der Waals surface area contributed by atoms with Crippen LogP contribution in [0.5, 0.6) is 0 Å². The molecule has 0 bridgehead atoms. The van der Waals surface area contributed by atoms with Crippen LogP contribution >= 0.6 is 11.3 Å². The Hall–Kier alpha value is -1.68. The molecule has 3 aromatic rings. The van der Waals surface area contributed by atoms with Crippen LogP contribution in [0.2, 0.25) is 0 Å². The molecule has 20 heavy (non-hydrogen) atoms. The fraction of sp³-hybridized carbons (Fsp3) is 0.176. The molecule has 0 amide bonds. The van der Waals surface area contributed by atoms with Gasteiger partial charge in [-0.1, -0.05) is 48.5 Å². The zero-order chi connectivity index (χ0) is 13.8. The second-order valence-electron chi connectivity index (χ2n) is 4.82. The Morgan fingerprint density at radius 1 is 1.00 bits per heavy atom. The minimum absolute atomic E-state index is 0.184. The van der Waals surface area contributed by atoms with Gasteiger partial charge < -0.3 is 11.1 Å². The third-order valence-corrected chi connectivity index (χ3v) is 4.41. The summed E-state index contributed by atoms with van der Waals surface area (Å²) in [5.74, 6) is 0. The Kier molecular flexibility index (Phi) is 4.11. The summed E-state index contributed by atoms with van der Waals surface area (Å²) in [4.78, 5) is 1.34. The van der Waals surface area contributed by atoms with Crippen LogP contribution in [-0.4, -0.2) is 6.54 Å². The molecule has 3 rings (SSSR count). The lowest BCUT2D eigenvalue weighted by Gasteiger charge is -2.19. The highest BCUT2D eigenvalue weighted by Crippen LogP contribution is 2.24. The van der Waals surface area contributed by atoms with Gasteiger partial charge in [0.25, 0.3) is 0 Å². The van der Waals surface area contributed by atoms with Gasteiger partial charge in [-0.15, -0.1) is 11.3 Å². The largest absolute Gasteiger partial charge is 0.329 e. The number of thiophene rings is 1. The number of nitrogens with two attached hydrogens (primary N) is 1. The van der Waals surface area contributed by atoms with Gasteiger partial charge in [-0.3, -0.25) is 0 Å². The van der Waals surface area contributed by atoms with E-state index in [1.165, 1.54) is 21.2 Å². The number of benzene rings is 2. The summed E-state index contributed by atoms with van der Waals surface area (Å²) in [5, 5.41) is 8.22. The normalized spacial score (nSPS) is 12.7. The van der Waals surface area contributed by atoms with Crippen LogP contribution in [0.1, 0.15) is 16.5 Å². The maximum absolute atomic E-state index is 5.98. The quantitative estimate of drug-likeness (QED) is 0.749. The standard InChI is InChI=1S/C17H18N2S/c18-11-17(19-12-14-7-4-10-20-14)16-9-3-6-13-5-1-2-8-15(13)16/h1-10,17,19H,11-12,18H2. The minimum Gasteiger partial charge on any atom is -0.329 e. The Labute approximate surface area is 123 Å². The first kappa shape index (κ1) is 13.3. The topological polar surface area (TPSA) is 38.0 Å². The average molecular weight is 282 g/mol. The molecule has 0 fully saturated rings. The molecule has 1 heterocycles. The third kappa shape index (κ3) is 2.75. The van der Waals surface area contributed by atoms with Crippen molar-refractivity contribution in [3.63, 3.8) is 0 Å². The number of hydrogen-bond donors (Lipinski definition) is 2. The van der Waals surface area contributed by atoms with Crippen LogP contribution in [0.15, 0.2) is 60.0 Å². The van der Waals surface area contributed by atoms with Crippen molar-refractivity contribution in [2.45, 2.75) is 12.6 Å². The Balaban J connectivity index is 1.87. The van der Waals surface area contributed by atoms with E-state index in [0.717, 1.165) is 6.54 Å². The van der Waals surface area contributed by atoms with E-state index in [9.17, 15) is 0 Å². The summed E-state index contributed by atoms with van der Waals surface area (Å²) < 4.78 is 0. The SMILES string of the molecule is NCC(NCc1cccs1)c1cccc2ccccc12. The van der Waals surface area contributed by atoms with Crippen LogP contribution in [0.25, 0.3) is 10.8 Å². The van der Waals surface area contributed by atoms with E-state index >= 15 is 0 Å². The van der Waals surface area contributed by atoms with Crippen LogP contribution in [0.3, 0.4) is 0 Å². The molecular formula is C17H18N2S. The Morgan fingerprint density at radius 2 is 1.85 bits per heavy atom. The molecule has 3 heteroatoms. The summed E-state index contributed by atoms with van der Waals surface area (Å²) in [6, 6.07) is 19.3. The van der Waals surface area contributed by atoms with E-state index in [-0.39, 0.29) is 6.04 Å². The summed E-state index contributed by atoms with van der Waals surface area (Å²) in [7, 11) is 0. The van der Waals surface area contributed by atoms with E-state index in [2.05, 4.69) is 65.3 Å². The zero-order valence-electron chi connectivity index (χ0n) is 11.3. The molecule has 0 saturated carbocycles. The number of nitrogens with one attached hydrogen (secondary N) is 1. The van der Waals surface area contributed by atoms with Crippen molar-refractivity contribution in [3.05, 3.63) is 70.4 Å². The molecule has 0 aliphatic carbocycles. The van der Waals surface area contributed by atoms with Crippen LogP contribution in [-0.2, 0) is 6.54 Å². The fourth-order valence-corrected chi connectivity index (χ4v) is 3.17. The first-order valence-electron chi connectivity index (χ1n) is 6.82. The summed E-state index contributed by atoms with van der Waals surface area (Å²) in [5.41, 5.74) is 7.26. The molecule has 1 aromatic heterocycles. The minimum atomic E-state index is 0.184. The first-order chi connectivity index (χ1) is 9.88. The predicted octanol–water partition coefficient (Wildman–Crippen LogP) is 3.69. The van der Waals surface area contributed by atoms with Crippen molar-refractivity contribution in [2.24, 2.45) is 5.73 Å². The van der Waals surface area contributed by atoms with Crippen molar-refractivity contribution >= 4 is 22.1 Å². The molecule has 3 N–H and O–H groups in total. The monoisotopic (exact) mass is 282 g/mol. The number of fused-ring (bicyclic) bond motifs is 1. The van der Waals surface area contributed by atoms with Crippen molar-refractivity contribution in [2.75, 3.05) is 6.54 Å². The van der Waals surface area contributed by atoms with E-state index in [4.69, 9.17) is 5.73 Å².